The highest BCUT2D eigenvalue weighted by atomic mass is 14.9. The molecular weight excluding hydrogens is 248 g/mol. The molecule has 2 N–H and O–H groups in total. The van der Waals surface area contributed by atoms with Gasteiger partial charge in [0.15, 0.2) is 0 Å². The lowest BCUT2D eigenvalue weighted by Crippen LogP contribution is -1.92. The predicted octanol–water partition coefficient (Wildman–Crippen LogP) is 3.50. The van der Waals surface area contributed by atoms with E-state index in [1.165, 1.54) is 16.7 Å². The van der Waals surface area contributed by atoms with Crippen molar-refractivity contribution in [2.45, 2.75) is 13.8 Å². The maximum Gasteiger partial charge on any atom is 0.0924 e. The van der Waals surface area contributed by atoms with Crippen LogP contribution in [0.5, 0.6) is 0 Å². The van der Waals surface area contributed by atoms with Gasteiger partial charge in [0.2, 0.25) is 0 Å². The van der Waals surface area contributed by atoms with Crippen LogP contribution in [0, 0.1) is 13.8 Å². The fourth-order valence-electron chi connectivity index (χ4n) is 1.86. The third-order valence-corrected chi connectivity index (χ3v) is 3.16. The molecule has 0 unspecified atom stereocenters. The number of H-pyrrole nitrogens is 2. The largest absolute Gasteiger partial charge is 0.351 e. The van der Waals surface area contributed by atoms with Gasteiger partial charge < -0.3 is 9.97 Å². The van der Waals surface area contributed by atoms with Crippen LogP contribution in [0.25, 0.3) is 5.57 Å². The van der Waals surface area contributed by atoms with Gasteiger partial charge in [0.05, 0.1) is 24.5 Å². The van der Waals surface area contributed by atoms with Crippen molar-refractivity contribution in [2.24, 2.45) is 0 Å². The molecule has 3 aromatic rings. The molecule has 0 saturated heterocycles. The van der Waals surface area contributed by atoms with Crippen LogP contribution in [0.2, 0.25) is 0 Å². The lowest BCUT2D eigenvalue weighted by Gasteiger charge is -2.09. The van der Waals surface area contributed by atoms with Crippen LogP contribution in [0.3, 0.4) is 0 Å². The molecule has 3 rings (SSSR count). The van der Waals surface area contributed by atoms with Gasteiger partial charge in [-0.3, -0.25) is 0 Å². The molecule has 2 aromatic heterocycles. The number of imidazole rings is 2. The fraction of sp³-hybridized carbons (Fsp3) is 0.125. The zero-order valence-electron chi connectivity index (χ0n) is 11.7. The topological polar surface area (TPSA) is 57.4 Å². The van der Waals surface area contributed by atoms with Gasteiger partial charge in [-0.25, -0.2) is 9.97 Å². The molecule has 4 heteroatoms. The Morgan fingerprint density at radius 3 is 2.55 bits per heavy atom. The molecule has 0 radical (unpaired) electrons. The molecule has 0 aliphatic heterocycles. The second kappa shape index (κ2) is 6.52. The average Bonchev–Trinajstić information content (AvgIpc) is 3.17. The van der Waals surface area contributed by atoms with Crippen molar-refractivity contribution in [2.75, 3.05) is 0 Å². The van der Waals surface area contributed by atoms with Gasteiger partial charge >= 0.3 is 0 Å². The van der Waals surface area contributed by atoms with E-state index in [4.69, 9.17) is 0 Å². The van der Waals surface area contributed by atoms with Crippen LogP contribution in [-0.2, 0) is 0 Å². The molecule has 0 aliphatic rings. The minimum absolute atomic E-state index is 0.976. The van der Waals surface area contributed by atoms with Gasteiger partial charge in [0.1, 0.15) is 0 Å². The van der Waals surface area contributed by atoms with Crippen LogP contribution in [0.15, 0.2) is 56.0 Å². The van der Waals surface area contributed by atoms with E-state index in [2.05, 4.69) is 58.6 Å². The van der Waals surface area contributed by atoms with E-state index in [-0.39, 0.29) is 0 Å². The van der Waals surface area contributed by atoms with Crippen molar-refractivity contribution in [1.29, 1.82) is 0 Å². The Labute approximate surface area is 118 Å². The highest BCUT2D eigenvalue weighted by Crippen LogP contribution is 2.24. The van der Waals surface area contributed by atoms with E-state index in [1.807, 2.05) is 0 Å². The third kappa shape index (κ3) is 3.23. The Balaban J connectivity index is 0.000000247. The van der Waals surface area contributed by atoms with E-state index >= 15 is 0 Å². The normalized spacial score (nSPS) is 9.70. The third-order valence-electron chi connectivity index (χ3n) is 3.16. The second-order valence-electron chi connectivity index (χ2n) is 4.45. The molecule has 2 heterocycles. The SMILES string of the molecule is C=C(c1cnc[nH]1)c1cccc(C)c1C.c1c[nH]cn1. The van der Waals surface area contributed by atoms with Crippen molar-refractivity contribution < 1.29 is 0 Å². The zero-order chi connectivity index (χ0) is 14.4. The van der Waals surface area contributed by atoms with Gasteiger partial charge in [-0.2, -0.15) is 0 Å². The molecule has 4 nitrogen and oxygen atoms in total. The summed E-state index contributed by atoms with van der Waals surface area (Å²) in [6.07, 6.45) is 8.55. The summed E-state index contributed by atoms with van der Waals surface area (Å²) in [5.41, 5.74) is 5.71. The highest BCUT2D eigenvalue weighted by molar-refractivity contribution is 5.78. The van der Waals surface area contributed by atoms with Crippen LogP contribution >= 0.6 is 0 Å². The maximum atomic E-state index is 4.10. The number of nitrogens with zero attached hydrogens (tertiary/aromatic N) is 2. The van der Waals surface area contributed by atoms with Crippen molar-refractivity contribution in [3.05, 3.63) is 78.4 Å². The lowest BCUT2D eigenvalue weighted by molar-refractivity contribution is 1.28. The Morgan fingerprint density at radius 2 is 2.00 bits per heavy atom. The standard InChI is InChI=1S/C13H14N2.C3H4N2/c1-9-5-4-6-12(10(9)2)11(3)13-7-14-8-15-13;1-2-5-3-4-1/h4-8H,3H2,1-2H3,(H,14,15);1-3H,(H,4,5). The number of aryl methyl sites for hydroxylation is 1. The van der Waals surface area contributed by atoms with Crippen LogP contribution in [0.1, 0.15) is 22.4 Å². The van der Waals surface area contributed by atoms with E-state index in [0.717, 1.165) is 11.3 Å². The molecule has 0 aliphatic carbocycles. The first-order valence-corrected chi connectivity index (χ1v) is 6.37. The molecule has 0 saturated carbocycles. The summed E-state index contributed by atoms with van der Waals surface area (Å²) in [6, 6.07) is 6.25. The first-order valence-electron chi connectivity index (χ1n) is 6.37. The summed E-state index contributed by atoms with van der Waals surface area (Å²) in [5.74, 6) is 0. The average molecular weight is 266 g/mol. The molecule has 0 bridgehead atoms. The second-order valence-corrected chi connectivity index (χ2v) is 4.45. The minimum atomic E-state index is 0.976. The Morgan fingerprint density at radius 1 is 1.15 bits per heavy atom. The lowest BCUT2D eigenvalue weighted by atomic mass is 9.96. The van der Waals surface area contributed by atoms with Gasteiger partial charge in [-0.05, 0) is 36.1 Å². The molecule has 0 fully saturated rings. The van der Waals surface area contributed by atoms with E-state index in [9.17, 15) is 0 Å². The van der Waals surface area contributed by atoms with E-state index in [0.29, 0.717) is 0 Å². The predicted molar refractivity (Wildman–Crippen MR) is 81.2 cm³/mol. The fourth-order valence-corrected chi connectivity index (χ4v) is 1.86. The number of hydrogen-bond donors (Lipinski definition) is 2. The molecule has 1 aromatic carbocycles. The Hall–Kier alpha value is -2.62. The summed E-state index contributed by atoms with van der Waals surface area (Å²) in [6.45, 7) is 8.33. The van der Waals surface area contributed by atoms with Gasteiger partial charge in [0.25, 0.3) is 0 Å². The van der Waals surface area contributed by atoms with Gasteiger partial charge in [0, 0.05) is 12.4 Å². The minimum Gasteiger partial charge on any atom is -0.351 e. The highest BCUT2D eigenvalue weighted by Gasteiger charge is 2.07. The molecule has 20 heavy (non-hydrogen) atoms. The number of benzene rings is 1. The smallest absolute Gasteiger partial charge is 0.0924 e. The zero-order valence-corrected chi connectivity index (χ0v) is 11.7. The quantitative estimate of drug-likeness (QED) is 0.746. The van der Waals surface area contributed by atoms with Crippen molar-refractivity contribution in [3.8, 4) is 0 Å². The number of nitrogens with one attached hydrogen (secondary N) is 2. The molecule has 0 amide bonds. The van der Waals surface area contributed by atoms with Crippen molar-refractivity contribution >= 4 is 5.57 Å². The first kappa shape index (κ1) is 13.8. The van der Waals surface area contributed by atoms with Crippen molar-refractivity contribution in [3.63, 3.8) is 0 Å². The van der Waals surface area contributed by atoms with E-state index in [1.54, 1.807) is 31.2 Å². The number of aromatic nitrogens is 4. The molecular formula is C16H18N4. The Bertz CT molecular complexity index is 635. The first-order chi connectivity index (χ1) is 9.70. The summed E-state index contributed by atoms with van der Waals surface area (Å²) in [7, 11) is 0. The molecule has 102 valence electrons. The van der Waals surface area contributed by atoms with Crippen LogP contribution in [0.4, 0.5) is 0 Å². The Kier molecular flexibility index (Phi) is 4.50. The summed E-state index contributed by atoms with van der Waals surface area (Å²) in [4.78, 5) is 13.5. The maximum absolute atomic E-state index is 4.10. The number of hydrogen-bond acceptors (Lipinski definition) is 2. The van der Waals surface area contributed by atoms with Crippen LogP contribution in [-0.4, -0.2) is 19.9 Å². The number of rotatable bonds is 2. The molecule has 0 atom stereocenters. The number of aromatic amines is 2. The van der Waals surface area contributed by atoms with E-state index < -0.39 is 0 Å². The van der Waals surface area contributed by atoms with Crippen LogP contribution < -0.4 is 0 Å². The summed E-state index contributed by atoms with van der Waals surface area (Å²) < 4.78 is 0. The van der Waals surface area contributed by atoms with Crippen molar-refractivity contribution in [1.82, 2.24) is 19.9 Å². The monoisotopic (exact) mass is 266 g/mol. The summed E-state index contributed by atoms with van der Waals surface area (Å²) >= 11 is 0. The van der Waals surface area contributed by atoms with Gasteiger partial charge in [-0.15, -0.1) is 0 Å². The molecule has 0 spiro atoms. The summed E-state index contributed by atoms with van der Waals surface area (Å²) in [5, 5.41) is 0. The van der Waals surface area contributed by atoms with Gasteiger partial charge in [-0.1, -0.05) is 24.8 Å².